The van der Waals surface area contributed by atoms with Crippen LogP contribution in [-0.2, 0) is 10.2 Å². The van der Waals surface area contributed by atoms with Crippen LogP contribution < -0.4 is 4.74 Å². The standard InChI is InChI=1S/C31H38O3/c1-20(2)13-22-14-21(3)18-31(4,19-22)28-17-26(11-12-29(28)33-5)24-7-8-25-16-27(30(32)34-6)10-9-23(25)15-24/h7-12,15-17,20-22H,13-14,18-19H2,1-6H3. The number of ether oxygens (including phenoxy) is 2. The Bertz CT molecular complexity index is 1180. The van der Waals surface area contributed by atoms with Crippen LogP contribution in [0.3, 0.4) is 0 Å². The van der Waals surface area contributed by atoms with Crippen LogP contribution >= 0.6 is 0 Å². The first kappa shape index (κ1) is 24.3. The lowest BCUT2D eigenvalue weighted by Crippen LogP contribution is -2.34. The average molecular weight is 459 g/mol. The number of hydrogen-bond donors (Lipinski definition) is 0. The zero-order valence-electron chi connectivity index (χ0n) is 21.5. The summed E-state index contributed by atoms with van der Waals surface area (Å²) in [7, 11) is 3.20. The number of fused-ring (bicyclic) bond motifs is 1. The van der Waals surface area contributed by atoms with Crippen LogP contribution in [-0.4, -0.2) is 20.2 Å². The van der Waals surface area contributed by atoms with Gasteiger partial charge in [-0.2, -0.15) is 0 Å². The molecule has 34 heavy (non-hydrogen) atoms. The van der Waals surface area contributed by atoms with E-state index in [1.165, 1.54) is 49.5 Å². The molecule has 3 unspecified atom stereocenters. The van der Waals surface area contributed by atoms with Crippen molar-refractivity contribution in [3.05, 3.63) is 65.7 Å². The molecule has 0 aliphatic heterocycles. The Morgan fingerprint density at radius 3 is 2.35 bits per heavy atom. The van der Waals surface area contributed by atoms with E-state index in [2.05, 4.69) is 64.1 Å². The Morgan fingerprint density at radius 2 is 1.65 bits per heavy atom. The molecular weight excluding hydrogens is 420 g/mol. The number of hydrogen-bond acceptors (Lipinski definition) is 3. The minimum absolute atomic E-state index is 0.102. The van der Waals surface area contributed by atoms with Crippen molar-refractivity contribution in [1.82, 2.24) is 0 Å². The maximum absolute atomic E-state index is 11.9. The van der Waals surface area contributed by atoms with Gasteiger partial charge < -0.3 is 9.47 Å². The van der Waals surface area contributed by atoms with E-state index in [-0.39, 0.29) is 11.4 Å². The van der Waals surface area contributed by atoms with Crippen LogP contribution in [0.15, 0.2) is 54.6 Å². The zero-order valence-corrected chi connectivity index (χ0v) is 21.5. The topological polar surface area (TPSA) is 35.5 Å². The first-order chi connectivity index (χ1) is 16.2. The number of rotatable bonds is 6. The lowest BCUT2D eigenvalue weighted by atomic mass is 9.62. The first-order valence-corrected chi connectivity index (χ1v) is 12.5. The monoisotopic (exact) mass is 458 g/mol. The van der Waals surface area contributed by atoms with Crippen molar-refractivity contribution in [2.45, 2.75) is 58.8 Å². The molecule has 180 valence electrons. The summed E-state index contributed by atoms with van der Waals surface area (Å²) in [5.41, 5.74) is 4.38. The summed E-state index contributed by atoms with van der Waals surface area (Å²) in [5, 5.41) is 2.14. The molecule has 0 saturated heterocycles. The summed E-state index contributed by atoms with van der Waals surface area (Å²) in [5.74, 6) is 2.88. The smallest absolute Gasteiger partial charge is 0.337 e. The molecule has 0 bridgehead atoms. The summed E-state index contributed by atoms with van der Waals surface area (Å²) in [6.07, 6.45) is 5.02. The minimum atomic E-state index is -0.309. The molecule has 1 aliphatic rings. The summed E-state index contributed by atoms with van der Waals surface area (Å²) in [6, 6.07) is 18.8. The van der Waals surface area contributed by atoms with Gasteiger partial charge in [0.1, 0.15) is 5.75 Å². The van der Waals surface area contributed by atoms with Gasteiger partial charge in [0.05, 0.1) is 19.8 Å². The third kappa shape index (κ3) is 4.99. The molecule has 0 spiro atoms. The SMILES string of the molecule is COC(=O)c1ccc2cc(-c3ccc(OC)c(C4(C)CC(C)CC(CC(C)C)C4)c3)ccc2c1. The van der Waals surface area contributed by atoms with E-state index in [1.54, 1.807) is 7.11 Å². The molecular formula is C31H38O3. The number of methoxy groups -OCH3 is 2. The maximum Gasteiger partial charge on any atom is 0.337 e. The van der Waals surface area contributed by atoms with Crippen LogP contribution in [0.2, 0.25) is 0 Å². The molecule has 3 atom stereocenters. The molecule has 1 saturated carbocycles. The van der Waals surface area contributed by atoms with Gasteiger partial charge >= 0.3 is 5.97 Å². The Morgan fingerprint density at radius 1 is 0.971 bits per heavy atom. The molecule has 0 amide bonds. The molecule has 0 N–H and O–H groups in total. The Hall–Kier alpha value is -2.81. The van der Waals surface area contributed by atoms with Crippen LogP contribution in [0.25, 0.3) is 21.9 Å². The van der Waals surface area contributed by atoms with E-state index in [4.69, 9.17) is 9.47 Å². The highest BCUT2D eigenvalue weighted by atomic mass is 16.5. The zero-order chi connectivity index (χ0) is 24.5. The molecule has 4 rings (SSSR count). The van der Waals surface area contributed by atoms with Crippen molar-refractivity contribution in [1.29, 1.82) is 0 Å². The molecule has 0 aromatic heterocycles. The molecule has 1 fully saturated rings. The van der Waals surface area contributed by atoms with Gasteiger partial charge in [-0.05, 0) is 101 Å². The normalized spacial score (nSPS) is 22.7. The summed E-state index contributed by atoms with van der Waals surface area (Å²) < 4.78 is 10.7. The summed E-state index contributed by atoms with van der Waals surface area (Å²) in [6.45, 7) is 9.52. The summed E-state index contributed by atoms with van der Waals surface area (Å²) >= 11 is 0. The van der Waals surface area contributed by atoms with Crippen LogP contribution in [0.1, 0.15) is 69.3 Å². The maximum atomic E-state index is 11.9. The van der Waals surface area contributed by atoms with E-state index in [1.807, 2.05) is 18.2 Å². The second-order valence-electron chi connectivity index (χ2n) is 11.0. The molecule has 0 radical (unpaired) electrons. The molecule has 3 aromatic rings. The molecule has 3 heteroatoms. The molecule has 1 aliphatic carbocycles. The van der Waals surface area contributed by atoms with Crippen molar-refractivity contribution in [3.8, 4) is 16.9 Å². The highest BCUT2D eigenvalue weighted by Gasteiger charge is 2.39. The van der Waals surface area contributed by atoms with Crippen molar-refractivity contribution >= 4 is 16.7 Å². The number of carbonyl (C=O) groups is 1. The quantitative estimate of drug-likeness (QED) is 0.351. The highest BCUT2D eigenvalue weighted by molar-refractivity contribution is 5.96. The van der Waals surface area contributed by atoms with Gasteiger partial charge in [-0.3, -0.25) is 0 Å². The van der Waals surface area contributed by atoms with Gasteiger partial charge in [0.25, 0.3) is 0 Å². The van der Waals surface area contributed by atoms with Gasteiger partial charge in [-0.15, -0.1) is 0 Å². The van der Waals surface area contributed by atoms with Gasteiger partial charge in [0.2, 0.25) is 0 Å². The third-order valence-corrected chi connectivity index (χ3v) is 7.52. The fourth-order valence-electron chi connectivity index (χ4n) is 6.32. The van der Waals surface area contributed by atoms with Gasteiger partial charge in [0, 0.05) is 5.56 Å². The first-order valence-electron chi connectivity index (χ1n) is 12.5. The largest absolute Gasteiger partial charge is 0.496 e. The predicted molar refractivity (Wildman–Crippen MR) is 141 cm³/mol. The Kier molecular flexibility index (Phi) is 7.02. The van der Waals surface area contributed by atoms with Gasteiger partial charge in [0.15, 0.2) is 0 Å². The van der Waals surface area contributed by atoms with E-state index in [0.717, 1.165) is 28.4 Å². The fraction of sp³-hybridized carbons (Fsp3) is 0.452. The minimum Gasteiger partial charge on any atom is -0.496 e. The van der Waals surface area contributed by atoms with E-state index >= 15 is 0 Å². The Balaban J connectivity index is 1.72. The number of esters is 1. The van der Waals surface area contributed by atoms with Gasteiger partial charge in [-0.1, -0.05) is 52.0 Å². The molecule has 3 nitrogen and oxygen atoms in total. The van der Waals surface area contributed by atoms with Crippen molar-refractivity contribution < 1.29 is 14.3 Å². The third-order valence-electron chi connectivity index (χ3n) is 7.52. The Labute approximate surface area is 204 Å². The average Bonchev–Trinajstić information content (AvgIpc) is 2.81. The predicted octanol–water partition coefficient (Wildman–Crippen LogP) is 8.04. The molecule has 0 heterocycles. The van der Waals surface area contributed by atoms with Crippen molar-refractivity contribution in [2.75, 3.05) is 14.2 Å². The summed E-state index contributed by atoms with van der Waals surface area (Å²) in [4.78, 5) is 11.9. The van der Waals surface area contributed by atoms with E-state index in [0.29, 0.717) is 11.5 Å². The fourth-order valence-corrected chi connectivity index (χ4v) is 6.32. The lowest BCUT2D eigenvalue weighted by Gasteiger charge is -2.43. The lowest BCUT2D eigenvalue weighted by molar-refractivity contribution is 0.0601. The number of benzene rings is 3. The second kappa shape index (κ2) is 9.82. The van der Waals surface area contributed by atoms with Crippen LogP contribution in [0.4, 0.5) is 0 Å². The highest BCUT2D eigenvalue weighted by Crippen LogP contribution is 2.49. The second-order valence-corrected chi connectivity index (χ2v) is 11.0. The van der Waals surface area contributed by atoms with Gasteiger partial charge in [-0.25, -0.2) is 4.79 Å². The van der Waals surface area contributed by atoms with Crippen molar-refractivity contribution in [2.24, 2.45) is 17.8 Å². The molecule has 3 aromatic carbocycles. The van der Waals surface area contributed by atoms with Crippen LogP contribution in [0, 0.1) is 17.8 Å². The van der Waals surface area contributed by atoms with E-state index in [9.17, 15) is 4.79 Å². The van der Waals surface area contributed by atoms with E-state index < -0.39 is 0 Å². The van der Waals surface area contributed by atoms with Crippen molar-refractivity contribution in [3.63, 3.8) is 0 Å². The van der Waals surface area contributed by atoms with Crippen LogP contribution in [0.5, 0.6) is 5.75 Å². The number of carbonyl (C=O) groups excluding carboxylic acids is 1.